The number of likely N-dealkylation sites (tertiary alicyclic amines) is 1. The van der Waals surface area contributed by atoms with Gasteiger partial charge in [-0.2, -0.15) is 0 Å². The Morgan fingerprint density at radius 3 is 2.40 bits per heavy atom. The van der Waals surface area contributed by atoms with E-state index in [0.717, 1.165) is 41.0 Å². The number of thiazole rings is 1. The zero-order valence-corrected chi connectivity index (χ0v) is 18.3. The lowest BCUT2D eigenvalue weighted by Gasteiger charge is -2.29. The van der Waals surface area contributed by atoms with Crippen LogP contribution in [-0.4, -0.2) is 51.6 Å². The van der Waals surface area contributed by atoms with Crippen molar-refractivity contribution in [2.24, 2.45) is 5.92 Å². The number of hydrogen-bond donors (Lipinski definition) is 1. The van der Waals surface area contributed by atoms with Gasteiger partial charge in [0, 0.05) is 11.4 Å². The molecular weight excluding hydrogens is 400 g/mol. The minimum absolute atomic E-state index is 0.338. The lowest BCUT2D eigenvalue weighted by molar-refractivity contribution is -0.119. The largest absolute Gasteiger partial charge is 0.300 e. The highest BCUT2D eigenvalue weighted by molar-refractivity contribution is 7.15. The number of piperidine rings is 1. The van der Waals surface area contributed by atoms with E-state index in [0.29, 0.717) is 16.3 Å². The first-order valence-electron chi connectivity index (χ1n) is 10.3. The molecule has 4 rings (SSSR count). The van der Waals surface area contributed by atoms with Gasteiger partial charge < -0.3 is 5.32 Å². The van der Waals surface area contributed by atoms with E-state index in [1.54, 1.807) is 31.2 Å². The van der Waals surface area contributed by atoms with Crippen LogP contribution in [0.15, 0.2) is 24.3 Å². The predicted molar refractivity (Wildman–Crippen MR) is 116 cm³/mol. The van der Waals surface area contributed by atoms with Crippen molar-refractivity contribution in [2.75, 3.05) is 18.4 Å². The number of nitrogens with one attached hydrogen (secondary N) is 1. The maximum atomic E-state index is 12.8. The summed E-state index contributed by atoms with van der Waals surface area (Å²) in [6, 6.07) is 5.71. The highest BCUT2D eigenvalue weighted by atomic mass is 32.1. The van der Waals surface area contributed by atoms with Crippen molar-refractivity contribution in [3.63, 3.8) is 0 Å². The fourth-order valence-electron chi connectivity index (χ4n) is 3.94. The lowest BCUT2D eigenvalue weighted by atomic mass is 9.99. The van der Waals surface area contributed by atoms with Gasteiger partial charge in [0.25, 0.3) is 11.8 Å². The van der Waals surface area contributed by atoms with Crippen LogP contribution in [0.25, 0.3) is 0 Å². The number of carbonyl (C=O) groups excluding carboxylic acids is 3. The first kappa shape index (κ1) is 20.7. The minimum Gasteiger partial charge on any atom is -0.300 e. The van der Waals surface area contributed by atoms with E-state index in [1.807, 2.05) is 6.92 Å². The van der Waals surface area contributed by atoms with Crippen LogP contribution in [0.2, 0.25) is 0 Å². The van der Waals surface area contributed by atoms with Crippen molar-refractivity contribution < 1.29 is 14.4 Å². The molecule has 1 aromatic heterocycles. The van der Waals surface area contributed by atoms with E-state index in [2.05, 4.69) is 22.1 Å². The summed E-state index contributed by atoms with van der Waals surface area (Å²) in [5, 5.41) is 3.30. The average Bonchev–Trinajstić information content (AvgIpc) is 3.20. The second-order valence-electron chi connectivity index (χ2n) is 8.18. The van der Waals surface area contributed by atoms with Gasteiger partial charge in [-0.25, -0.2) is 4.98 Å². The van der Waals surface area contributed by atoms with Crippen LogP contribution in [-0.2, 0) is 11.3 Å². The third-order valence-electron chi connectivity index (χ3n) is 5.96. The molecule has 1 unspecified atom stereocenters. The van der Waals surface area contributed by atoms with Crippen LogP contribution >= 0.6 is 11.3 Å². The maximum Gasteiger partial charge on any atom is 0.262 e. The summed E-state index contributed by atoms with van der Waals surface area (Å²) in [6.07, 6.45) is 2.42. The number of aryl methyl sites for hydroxylation is 1. The summed E-state index contributed by atoms with van der Waals surface area (Å²) in [4.78, 5) is 47.1. The van der Waals surface area contributed by atoms with Crippen LogP contribution in [0.4, 0.5) is 5.13 Å². The van der Waals surface area contributed by atoms with Crippen LogP contribution in [0.5, 0.6) is 0 Å². The summed E-state index contributed by atoms with van der Waals surface area (Å²) in [7, 11) is 0. The molecule has 1 N–H and O–H groups in total. The number of nitrogens with zero attached hydrogens (tertiary/aromatic N) is 3. The van der Waals surface area contributed by atoms with Crippen LogP contribution in [0.3, 0.4) is 0 Å². The number of hydrogen-bond acceptors (Lipinski definition) is 6. The second kappa shape index (κ2) is 8.28. The third-order valence-corrected chi connectivity index (χ3v) is 7.02. The fraction of sp³-hybridized carbons (Fsp3) is 0.455. The zero-order valence-electron chi connectivity index (χ0n) is 17.5. The monoisotopic (exact) mass is 426 g/mol. The highest BCUT2D eigenvalue weighted by Gasteiger charge is 2.40. The molecule has 0 radical (unpaired) electrons. The fourth-order valence-corrected chi connectivity index (χ4v) is 4.95. The number of benzene rings is 1. The van der Waals surface area contributed by atoms with Gasteiger partial charge in [-0.05, 0) is 57.8 Å². The number of anilines is 1. The Kier molecular flexibility index (Phi) is 5.71. The first-order chi connectivity index (χ1) is 14.3. The molecule has 3 amide bonds. The summed E-state index contributed by atoms with van der Waals surface area (Å²) in [6.45, 7) is 8.79. The van der Waals surface area contributed by atoms with Crippen LogP contribution < -0.4 is 5.32 Å². The molecule has 3 heterocycles. The maximum absolute atomic E-state index is 12.8. The SMILES string of the molecule is Cc1nc(NC(=O)C(C)N2C(=O)c3ccccc3C2=O)sc1CN1CCC(C)CC1. The van der Waals surface area contributed by atoms with Crippen molar-refractivity contribution in [3.05, 3.63) is 46.0 Å². The standard InChI is InChI=1S/C22H26N4O3S/c1-13-8-10-25(11-9-13)12-18-14(2)23-22(30-18)24-19(27)15(3)26-20(28)16-6-4-5-7-17(16)21(26)29/h4-7,13,15H,8-12H2,1-3H3,(H,23,24,27). The smallest absolute Gasteiger partial charge is 0.262 e. The molecule has 8 heteroatoms. The number of fused-ring (bicyclic) bond motifs is 1. The Labute approximate surface area is 180 Å². The molecule has 0 saturated carbocycles. The van der Waals surface area contributed by atoms with E-state index in [-0.39, 0.29) is 0 Å². The summed E-state index contributed by atoms with van der Waals surface area (Å²) in [5.41, 5.74) is 1.58. The quantitative estimate of drug-likeness (QED) is 0.742. The van der Waals surface area contributed by atoms with Gasteiger partial charge >= 0.3 is 0 Å². The van der Waals surface area contributed by atoms with Crippen molar-refractivity contribution in [1.82, 2.24) is 14.8 Å². The molecule has 30 heavy (non-hydrogen) atoms. The molecule has 0 bridgehead atoms. The minimum atomic E-state index is -0.923. The molecule has 1 aromatic carbocycles. The Hall–Kier alpha value is -2.58. The van der Waals surface area contributed by atoms with Gasteiger partial charge in [-0.3, -0.25) is 24.2 Å². The number of rotatable bonds is 5. The van der Waals surface area contributed by atoms with E-state index in [1.165, 1.54) is 24.2 Å². The van der Waals surface area contributed by atoms with Crippen LogP contribution in [0, 0.1) is 12.8 Å². The van der Waals surface area contributed by atoms with E-state index < -0.39 is 23.8 Å². The predicted octanol–water partition coefficient (Wildman–Crippen LogP) is 3.31. The average molecular weight is 427 g/mol. The molecule has 0 spiro atoms. The van der Waals surface area contributed by atoms with E-state index in [9.17, 15) is 14.4 Å². The molecule has 1 fully saturated rings. The highest BCUT2D eigenvalue weighted by Crippen LogP contribution is 2.28. The Morgan fingerprint density at radius 2 is 1.80 bits per heavy atom. The number of carbonyl (C=O) groups is 3. The molecule has 2 aromatic rings. The summed E-state index contributed by atoms with van der Waals surface area (Å²) in [5.74, 6) is -0.513. The summed E-state index contributed by atoms with van der Waals surface area (Å²) < 4.78 is 0. The third kappa shape index (κ3) is 3.89. The molecule has 158 valence electrons. The summed E-state index contributed by atoms with van der Waals surface area (Å²) >= 11 is 1.46. The van der Waals surface area contributed by atoms with Gasteiger partial charge in [0.2, 0.25) is 5.91 Å². The number of aromatic nitrogens is 1. The Morgan fingerprint density at radius 1 is 1.20 bits per heavy atom. The van der Waals surface area contributed by atoms with E-state index in [4.69, 9.17) is 0 Å². The number of amides is 3. The molecule has 0 aliphatic carbocycles. The Balaban J connectivity index is 1.42. The van der Waals surface area contributed by atoms with Crippen molar-refractivity contribution in [3.8, 4) is 0 Å². The second-order valence-corrected chi connectivity index (χ2v) is 9.26. The van der Waals surface area contributed by atoms with Gasteiger partial charge in [0.15, 0.2) is 5.13 Å². The molecular formula is C22H26N4O3S. The zero-order chi connectivity index (χ0) is 21.4. The molecule has 7 nitrogen and oxygen atoms in total. The molecule has 2 aliphatic heterocycles. The van der Waals surface area contributed by atoms with Gasteiger partial charge in [-0.15, -0.1) is 11.3 Å². The van der Waals surface area contributed by atoms with Crippen molar-refractivity contribution in [1.29, 1.82) is 0 Å². The van der Waals surface area contributed by atoms with Crippen LogP contribution in [0.1, 0.15) is 58.0 Å². The lowest BCUT2D eigenvalue weighted by Crippen LogP contribution is -2.45. The molecule has 1 saturated heterocycles. The topological polar surface area (TPSA) is 82.6 Å². The number of imide groups is 1. The van der Waals surface area contributed by atoms with Gasteiger partial charge in [-0.1, -0.05) is 19.1 Å². The molecule has 2 aliphatic rings. The first-order valence-corrected chi connectivity index (χ1v) is 11.1. The Bertz CT molecular complexity index is 959. The van der Waals surface area contributed by atoms with Gasteiger partial charge in [0.1, 0.15) is 6.04 Å². The van der Waals surface area contributed by atoms with Crippen molar-refractivity contribution in [2.45, 2.75) is 46.2 Å². The van der Waals surface area contributed by atoms with E-state index >= 15 is 0 Å². The molecule has 1 atom stereocenters. The van der Waals surface area contributed by atoms with Gasteiger partial charge in [0.05, 0.1) is 16.8 Å². The van der Waals surface area contributed by atoms with Crippen molar-refractivity contribution >= 4 is 34.2 Å². The normalized spacial score (nSPS) is 18.6.